The number of amides is 1. The van der Waals surface area contributed by atoms with Crippen LogP contribution in [0.5, 0.6) is 0 Å². The van der Waals surface area contributed by atoms with Crippen LogP contribution in [0.2, 0.25) is 0 Å². The summed E-state index contributed by atoms with van der Waals surface area (Å²) in [6.45, 7) is 2.15. The summed E-state index contributed by atoms with van der Waals surface area (Å²) in [6.07, 6.45) is 0.441. The summed E-state index contributed by atoms with van der Waals surface area (Å²) in [6, 6.07) is 9.43. The third-order valence-corrected chi connectivity index (χ3v) is 3.33. The molecule has 1 heterocycles. The van der Waals surface area contributed by atoms with Crippen molar-refractivity contribution in [1.29, 1.82) is 0 Å². The summed E-state index contributed by atoms with van der Waals surface area (Å²) in [7, 11) is 1.63. The van der Waals surface area contributed by atoms with Gasteiger partial charge in [-0.15, -0.1) is 5.10 Å². The monoisotopic (exact) mass is 302 g/mol. The number of carboxylic acid groups (broad SMARTS) is 1. The van der Waals surface area contributed by atoms with E-state index < -0.39 is 5.97 Å². The van der Waals surface area contributed by atoms with E-state index >= 15 is 0 Å². The number of hydrogen-bond donors (Lipinski definition) is 1. The van der Waals surface area contributed by atoms with Gasteiger partial charge in [-0.3, -0.25) is 9.59 Å². The Morgan fingerprint density at radius 2 is 1.95 bits per heavy atom. The van der Waals surface area contributed by atoms with E-state index in [1.807, 2.05) is 30.3 Å². The van der Waals surface area contributed by atoms with Gasteiger partial charge in [-0.05, 0) is 25.5 Å². The van der Waals surface area contributed by atoms with E-state index in [1.54, 1.807) is 18.7 Å². The summed E-state index contributed by atoms with van der Waals surface area (Å²) < 4.78 is 1.61. The van der Waals surface area contributed by atoms with Crippen molar-refractivity contribution in [1.82, 2.24) is 19.9 Å². The van der Waals surface area contributed by atoms with Gasteiger partial charge >= 0.3 is 5.97 Å². The Bertz CT molecular complexity index is 667. The second-order valence-corrected chi connectivity index (χ2v) is 4.99. The van der Waals surface area contributed by atoms with Gasteiger partial charge in [0.05, 0.1) is 11.4 Å². The van der Waals surface area contributed by atoms with Crippen molar-refractivity contribution in [3.63, 3.8) is 0 Å². The van der Waals surface area contributed by atoms with Crippen molar-refractivity contribution in [2.75, 3.05) is 13.6 Å². The molecule has 0 atom stereocenters. The molecular weight excluding hydrogens is 284 g/mol. The second-order valence-electron chi connectivity index (χ2n) is 4.99. The van der Waals surface area contributed by atoms with E-state index in [4.69, 9.17) is 5.11 Å². The van der Waals surface area contributed by atoms with Gasteiger partial charge in [-0.2, -0.15) is 0 Å². The Kier molecular flexibility index (Phi) is 4.88. The van der Waals surface area contributed by atoms with Gasteiger partial charge in [0.1, 0.15) is 0 Å². The molecule has 0 bridgehead atoms. The number of aliphatic carboxylic acids is 1. The van der Waals surface area contributed by atoms with Gasteiger partial charge in [0.25, 0.3) is 5.91 Å². The van der Waals surface area contributed by atoms with Crippen molar-refractivity contribution in [2.45, 2.75) is 19.8 Å². The van der Waals surface area contributed by atoms with Gasteiger partial charge in [-0.1, -0.05) is 23.4 Å². The van der Waals surface area contributed by atoms with Gasteiger partial charge in [-0.25, -0.2) is 4.68 Å². The molecule has 1 aromatic carbocycles. The number of carboxylic acids is 1. The molecule has 116 valence electrons. The van der Waals surface area contributed by atoms with Crippen molar-refractivity contribution in [3.8, 4) is 5.69 Å². The number of hydrogen-bond acceptors (Lipinski definition) is 4. The summed E-state index contributed by atoms with van der Waals surface area (Å²) in [5.41, 5.74) is 1.77. The molecule has 1 aromatic heterocycles. The molecule has 0 saturated heterocycles. The molecule has 0 unspecified atom stereocenters. The molecule has 22 heavy (non-hydrogen) atoms. The van der Waals surface area contributed by atoms with E-state index in [0.29, 0.717) is 18.7 Å². The van der Waals surface area contributed by atoms with E-state index in [2.05, 4.69) is 10.3 Å². The highest BCUT2D eigenvalue weighted by Gasteiger charge is 2.20. The Labute approximate surface area is 128 Å². The van der Waals surface area contributed by atoms with Crippen LogP contribution in [0.4, 0.5) is 0 Å². The average molecular weight is 302 g/mol. The molecular formula is C15H18N4O3. The number of para-hydroxylation sites is 1. The highest BCUT2D eigenvalue weighted by molar-refractivity contribution is 5.93. The zero-order chi connectivity index (χ0) is 16.1. The fourth-order valence-corrected chi connectivity index (χ4v) is 2.09. The number of carbonyl (C=O) groups is 2. The maximum atomic E-state index is 12.3. The summed E-state index contributed by atoms with van der Waals surface area (Å²) in [4.78, 5) is 24.3. The van der Waals surface area contributed by atoms with E-state index in [9.17, 15) is 9.59 Å². The van der Waals surface area contributed by atoms with Crippen molar-refractivity contribution >= 4 is 11.9 Å². The maximum Gasteiger partial charge on any atom is 0.303 e. The Morgan fingerprint density at radius 1 is 1.27 bits per heavy atom. The number of aromatic nitrogens is 3. The first-order valence-corrected chi connectivity index (χ1v) is 6.95. The molecule has 0 fully saturated rings. The van der Waals surface area contributed by atoms with Crippen LogP contribution >= 0.6 is 0 Å². The molecule has 1 N–H and O–H groups in total. The van der Waals surface area contributed by atoms with Crippen LogP contribution in [0.25, 0.3) is 5.69 Å². The molecule has 2 aromatic rings. The van der Waals surface area contributed by atoms with Crippen LogP contribution in [0.3, 0.4) is 0 Å². The summed E-state index contributed by atoms with van der Waals surface area (Å²) in [5.74, 6) is -1.13. The molecule has 0 aliphatic rings. The van der Waals surface area contributed by atoms with Gasteiger partial charge in [0.15, 0.2) is 5.69 Å². The molecule has 0 aliphatic heterocycles. The summed E-state index contributed by atoms with van der Waals surface area (Å²) in [5, 5.41) is 16.6. The first-order valence-electron chi connectivity index (χ1n) is 6.95. The third-order valence-electron chi connectivity index (χ3n) is 3.33. The number of benzene rings is 1. The second kappa shape index (κ2) is 6.84. The molecule has 7 heteroatoms. The van der Waals surface area contributed by atoms with Crippen molar-refractivity contribution in [2.24, 2.45) is 0 Å². The normalized spacial score (nSPS) is 10.5. The Morgan fingerprint density at radius 3 is 2.59 bits per heavy atom. The van der Waals surface area contributed by atoms with Crippen molar-refractivity contribution < 1.29 is 14.7 Å². The average Bonchev–Trinajstić information content (AvgIpc) is 2.88. The molecule has 0 saturated carbocycles. The highest BCUT2D eigenvalue weighted by atomic mass is 16.4. The van der Waals surface area contributed by atoms with Gasteiger partial charge < -0.3 is 10.0 Å². The standard InChI is InChI=1S/C15H18N4O3/c1-11-14(15(22)18(2)10-6-9-13(20)21)16-17-19(11)12-7-4-3-5-8-12/h3-5,7-8H,6,9-10H2,1-2H3,(H,20,21). The van der Waals surface area contributed by atoms with Crippen molar-refractivity contribution in [3.05, 3.63) is 41.7 Å². The first-order chi connectivity index (χ1) is 10.5. The van der Waals surface area contributed by atoms with E-state index in [1.165, 1.54) is 4.90 Å². The molecule has 0 spiro atoms. The van der Waals surface area contributed by atoms with Gasteiger partial charge in [0.2, 0.25) is 0 Å². The number of nitrogens with zero attached hydrogens (tertiary/aromatic N) is 4. The minimum atomic E-state index is -0.868. The highest BCUT2D eigenvalue weighted by Crippen LogP contribution is 2.13. The minimum Gasteiger partial charge on any atom is -0.481 e. The van der Waals surface area contributed by atoms with Crippen LogP contribution in [0, 0.1) is 6.92 Å². The molecule has 2 rings (SSSR count). The maximum absolute atomic E-state index is 12.3. The Balaban J connectivity index is 2.11. The van der Waals surface area contributed by atoms with Crippen LogP contribution in [-0.4, -0.2) is 50.5 Å². The zero-order valence-electron chi connectivity index (χ0n) is 12.6. The lowest BCUT2D eigenvalue weighted by molar-refractivity contribution is -0.137. The SMILES string of the molecule is Cc1c(C(=O)N(C)CCCC(=O)O)nnn1-c1ccccc1. The molecule has 0 aliphatic carbocycles. The zero-order valence-corrected chi connectivity index (χ0v) is 12.6. The van der Waals surface area contributed by atoms with E-state index in [-0.39, 0.29) is 18.0 Å². The van der Waals surface area contributed by atoms with Crippen LogP contribution in [-0.2, 0) is 4.79 Å². The minimum absolute atomic E-state index is 0.0350. The smallest absolute Gasteiger partial charge is 0.303 e. The predicted octanol–water partition coefficient (Wildman–Crippen LogP) is 1.51. The number of carbonyl (C=O) groups excluding carboxylic acids is 1. The first kappa shape index (κ1) is 15.7. The summed E-state index contributed by atoms with van der Waals surface area (Å²) >= 11 is 0. The lowest BCUT2D eigenvalue weighted by Gasteiger charge is -2.15. The number of rotatable bonds is 6. The lowest BCUT2D eigenvalue weighted by Crippen LogP contribution is -2.29. The largest absolute Gasteiger partial charge is 0.481 e. The van der Waals surface area contributed by atoms with Crippen LogP contribution in [0.1, 0.15) is 29.0 Å². The third kappa shape index (κ3) is 3.49. The molecule has 0 radical (unpaired) electrons. The lowest BCUT2D eigenvalue weighted by atomic mass is 10.2. The fraction of sp³-hybridized carbons (Fsp3) is 0.333. The quantitative estimate of drug-likeness (QED) is 0.874. The predicted molar refractivity (Wildman–Crippen MR) is 79.9 cm³/mol. The molecule has 7 nitrogen and oxygen atoms in total. The Hall–Kier alpha value is -2.70. The van der Waals surface area contributed by atoms with Gasteiger partial charge in [0, 0.05) is 20.0 Å². The van der Waals surface area contributed by atoms with E-state index in [0.717, 1.165) is 5.69 Å². The topological polar surface area (TPSA) is 88.3 Å². The fourth-order valence-electron chi connectivity index (χ4n) is 2.09. The van der Waals surface area contributed by atoms with Crippen LogP contribution < -0.4 is 0 Å². The molecule has 1 amide bonds. The van der Waals surface area contributed by atoms with Crippen LogP contribution in [0.15, 0.2) is 30.3 Å².